The number of aromatic nitrogens is 1. The molecule has 0 aliphatic carbocycles. The quantitative estimate of drug-likeness (QED) is 0.767. The van der Waals surface area contributed by atoms with E-state index < -0.39 is 5.97 Å². The molecule has 1 heterocycles. The fraction of sp³-hybridized carbons (Fsp3) is 0.571. The Morgan fingerprint density at radius 2 is 2.11 bits per heavy atom. The molecule has 0 saturated heterocycles. The zero-order chi connectivity index (χ0) is 14.4. The smallest absolute Gasteiger partial charge is 0.335 e. The third-order valence-electron chi connectivity index (χ3n) is 2.66. The third kappa shape index (κ3) is 5.26. The van der Waals surface area contributed by atoms with E-state index in [-0.39, 0.29) is 11.5 Å². The van der Waals surface area contributed by atoms with Crippen LogP contribution < -0.4 is 4.74 Å². The SMILES string of the molecule is CC(C)c1cc(C(=O)O)cc(OCCCN(C)C)n1. The summed E-state index contributed by atoms with van der Waals surface area (Å²) in [6, 6.07) is 3.07. The summed E-state index contributed by atoms with van der Waals surface area (Å²) in [6.45, 7) is 5.41. The summed E-state index contributed by atoms with van der Waals surface area (Å²) in [6.07, 6.45) is 0.878. The summed E-state index contributed by atoms with van der Waals surface area (Å²) in [4.78, 5) is 17.5. The summed E-state index contributed by atoms with van der Waals surface area (Å²) in [5, 5.41) is 9.07. The molecule has 0 aliphatic heterocycles. The maximum absolute atomic E-state index is 11.1. The van der Waals surface area contributed by atoms with Crippen molar-refractivity contribution < 1.29 is 14.6 Å². The van der Waals surface area contributed by atoms with Crippen LogP contribution >= 0.6 is 0 Å². The molecule has 0 radical (unpaired) electrons. The molecule has 0 amide bonds. The van der Waals surface area contributed by atoms with Crippen LogP contribution in [0.15, 0.2) is 12.1 Å². The molecule has 1 aromatic heterocycles. The van der Waals surface area contributed by atoms with Crippen molar-refractivity contribution in [2.24, 2.45) is 0 Å². The molecule has 1 N–H and O–H groups in total. The van der Waals surface area contributed by atoms with E-state index in [0.29, 0.717) is 12.5 Å². The highest BCUT2D eigenvalue weighted by Gasteiger charge is 2.11. The van der Waals surface area contributed by atoms with Crippen LogP contribution in [0, 0.1) is 0 Å². The molecule has 0 bridgehead atoms. The van der Waals surface area contributed by atoms with Crippen LogP contribution in [0.5, 0.6) is 5.88 Å². The summed E-state index contributed by atoms with van der Waals surface area (Å²) in [5.74, 6) is -0.395. The molecule has 1 rings (SSSR count). The second-order valence-electron chi connectivity index (χ2n) is 5.08. The van der Waals surface area contributed by atoms with Gasteiger partial charge >= 0.3 is 5.97 Å². The van der Waals surface area contributed by atoms with Crippen molar-refractivity contribution in [2.45, 2.75) is 26.2 Å². The molecule has 1 aromatic rings. The largest absolute Gasteiger partial charge is 0.478 e. The number of hydrogen-bond donors (Lipinski definition) is 1. The third-order valence-corrected chi connectivity index (χ3v) is 2.66. The molecule has 0 aromatic carbocycles. The summed E-state index contributed by atoms with van der Waals surface area (Å²) in [5.41, 5.74) is 0.962. The number of pyridine rings is 1. The van der Waals surface area contributed by atoms with Gasteiger partial charge in [0.05, 0.1) is 12.2 Å². The first-order chi connectivity index (χ1) is 8.90. The number of rotatable bonds is 7. The molecule has 5 heteroatoms. The molecule has 0 unspecified atom stereocenters. The Kier molecular flexibility index (Phi) is 5.76. The van der Waals surface area contributed by atoms with Gasteiger partial charge in [0.1, 0.15) is 0 Å². The van der Waals surface area contributed by atoms with E-state index in [1.165, 1.54) is 6.07 Å². The van der Waals surface area contributed by atoms with Gasteiger partial charge in [0, 0.05) is 18.3 Å². The number of aromatic carboxylic acids is 1. The summed E-state index contributed by atoms with van der Waals surface area (Å²) < 4.78 is 5.54. The number of hydrogen-bond acceptors (Lipinski definition) is 4. The van der Waals surface area contributed by atoms with Crippen molar-refractivity contribution in [1.29, 1.82) is 0 Å². The highest BCUT2D eigenvalue weighted by Crippen LogP contribution is 2.19. The number of carbonyl (C=O) groups is 1. The minimum absolute atomic E-state index is 0.170. The van der Waals surface area contributed by atoms with Gasteiger partial charge in [-0.25, -0.2) is 9.78 Å². The Morgan fingerprint density at radius 3 is 2.63 bits per heavy atom. The van der Waals surface area contributed by atoms with Gasteiger partial charge in [-0.15, -0.1) is 0 Å². The number of ether oxygens (including phenoxy) is 1. The Labute approximate surface area is 114 Å². The molecular formula is C14H22N2O3. The van der Waals surface area contributed by atoms with Crippen molar-refractivity contribution in [2.75, 3.05) is 27.2 Å². The van der Waals surface area contributed by atoms with E-state index >= 15 is 0 Å². The van der Waals surface area contributed by atoms with Crippen molar-refractivity contribution in [3.63, 3.8) is 0 Å². The second kappa shape index (κ2) is 7.09. The van der Waals surface area contributed by atoms with Crippen LogP contribution in [0.3, 0.4) is 0 Å². The van der Waals surface area contributed by atoms with Gasteiger partial charge in [-0.2, -0.15) is 0 Å². The number of nitrogens with zero attached hydrogens (tertiary/aromatic N) is 2. The predicted molar refractivity (Wildman–Crippen MR) is 74.0 cm³/mol. The molecule has 19 heavy (non-hydrogen) atoms. The van der Waals surface area contributed by atoms with Crippen LogP contribution in [0.25, 0.3) is 0 Å². The highest BCUT2D eigenvalue weighted by atomic mass is 16.5. The second-order valence-corrected chi connectivity index (χ2v) is 5.08. The number of carboxylic acids is 1. The maximum atomic E-state index is 11.1. The van der Waals surface area contributed by atoms with Gasteiger partial charge < -0.3 is 14.7 Å². The topological polar surface area (TPSA) is 62.7 Å². The molecular weight excluding hydrogens is 244 g/mol. The normalized spacial score (nSPS) is 11.1. The van der Waals surface area contributed by atoms with Crippen molar-refractivity contribution in [1.82, 2.24) is 9.88 Å². The van der Waals surface area contributed by atoms with Gasteiger partial charge in [0.25, 0.3) is 0 Å². The maximum Gasteiger partial charge on any atom is 0.335 e. The fourth-order valence-electron chi connectivity index (χ4n) is 1.58. The Hall–Kier alpha value is -1.62. The van der Waals surface area contributed by atoms with Gasteiger partial charge in [0.15, 0.2) is 0 Å². The first kappa shape index (κ1) is 15.4. The summed E-state index contributed by atoms with van der Waals surface area (Å²) in [7, 11) is 4.00. The Morgan fingerprint density at radius 1 is 1.42 bits per heavy atom. The van der Waals surface area contributed by atoms with Crippen LogP contribution in [-0.4, -0.2) is 48.2 Å². The minimum Gasteiger partial charge on any atom is -0.478 e. The van der Waals surface area contributed by atoms with E-state index in [1.807, 2.05) is 27.9 Å². The van der Waals surface area contributed by atoms with Crippen LogP contribution in [-0.2, 0) is 0 Å². The van der Waals surface area contributed by atoms with E-state index in [0.717, 1.165) is 18.7 Å². The van der Waals surface area contributed by atoms with E-state index in [2.05, 4.69) is 9.88 Å². The molecule has 0 aliphatic rings. The predicted octanol–water partition coefficient (Wildman–Crippen LogP) is 2.23. The lowest BCUT2D eigenvalue weighted by atomic mass is 10.1. The molecule has 0 saturated carbocycles. The molecule has 0 atom stereocenters. The van der Waals surface area contributed by atoms with E-state index in [1.54, 1.807) is 6.07 Å². The lowest BCUT2D eigenvalue weighted by molar-refractivity contribution is 0.0696. The van der Waals surface area contributed by atoms with Crippen LogP contribution in [0.4, 0.5) is 0 Å². The van der Waals surface area contributed by atoms with Gasteiger partial charge in [-0.3, -0.25) is 0 Å². The van der Waals surface area contributed by atoms with Crippen molar-refractivity contribution >= 4 is 5.97 Å². The van der Waals surface area contributed by atoms with Gasteiger partial charge in [-0.05, 0) is 32.5 Å². The average molecular weight is 266 g/mol. The number of carboxylic acid groups (broad SMARTS) is 1. The van der Waals surface area contributed by atoms with Crippen LogP contribution in [0.2, 0.25) is 0 Å². The van der Waals surface area contributed by atoms with Crippen molar-refractivity contribution in [3.8, 4) is 5.88 Å². The van der Waals surface area contributed by atoms with E-state index in [4.69, 9.17) is 9.84 Å². The van der Waals surface area contributed by atoms with Crippen LogP contribution in [0.1, 0.15) is 42.2 Å². The first-order valence-electron chi connectivity index (χ1n) is 6.43. The zero-order valence-electron chi connectivity index (χ0n) is 12.0. The average Bonchev–Trinajstić information content (AvgIpc) is 2.34. The Balaban J connectivity index is 2.73. The van der Waals surface area contributed by atoms with Crippen molar-refractivity contribution in [3.05, 3.63) is 23.4 Å². The zero-order valence-corrected chi connectivity index (χ0v) is 12.0. The summed E-state index contributed by atoms with van der Waals surface area (Å²) >= 11 is 0. The lowest BCUT2D eigenvalue weighted by Crippen LogP contribution is -2.16. The molecule has 0 spiro atoms. The lowest BCUT2D eigenvalue weighted by Gasteiger charge is -2.12. The standard InChI is InChI=1S/C14H22N2O3/c1-10(2)12-8-11(14(17)18)9-13(15-12)19-7-5-6-16(3)4/h8-10H,5-7H2,1-4H3,(H,17,18). The van der Waals surface area contributed by atoms with E-state index in [9.17, 15) is 4.79 Å². The highest BCUT2D eigenvalue weighted by molar-refractivity contribution is 5.88. The molecule has 0 fully saturated rings. The monoisotopic (exact) mass is 266 g/mol. The molecule has 5 nitrogen and oxygen atoms in total. The fourth-order valence-corrected chi connectivity index (χ4v) is 1.58. The minimum atomic E-state index is -0.956. The first-order valence-corrected chi connectivity index (χ1v) is 6.43. The molecule has 106 valence electrons. The van der Waals surface area contributed by atoms with Gasteiger partial charge in [-0.1, -0.05) is 13.8 Å². The van der Waals surface area contributed by atoms with Gasteiger partial charge in [0.2, 0.25) is 5.88 Å². The Bertz CT molecular complexity index is 431.